The molecule has 0 aliphatic carbocycles. The third kappa shape index (κ3) is 7.16. The van der Waals surface area contributed by atoms with Gasteiger partial charge in [-0.2, -0.15) is 0 Å². The van der Waals surface area contributed by atoms with Gasteiger partial charge in [0.2, 0.25) is 11.8 Å². The second kappa shape index (κ2) is 12.5. The number of anilines is 1. The predicted molar refractivity (Wildman–Crippen MR) is 142 cm³/mol. The largest absolute Gasteiger partial charge is 0.352 e. The van der Waals surface area contributed by atoms with E-state index in [4.69, 9.17) is 0 Å². The van der Waals surface area contributed by atoms with Crippen molar-refractivity contribution in [3.05, 3.63) is 96.3 Å². The zero-order chi connectivity index (χ0) is 27.0. The van der Waals surface area contributed by atoms with Crippen LogP contribution in [0.5, 0.6) is 0 Å². The van der Waals surface area contributed by atoms with Crippen LogP contribution in [0.25, 0.3) is 0 Å². The van der Waals surface area contributed by atoms with E-state index in [2.05, 4.69) is 5.32 Å². The van der Waals surface area contributed by atoms with Crippen LogP contribution in [0.4, 0.5) is 10.1 Å². The second-order valence-corrected chi connectivity index (χ2v) is 10.7. The third-order valence-corrected chi connectivity index (χ3v) is 7.88. The Kier molecular flexibility index (Phi) is 9.41. The number of carbonyl (C=O) groups is 2. The van der Waals surface area contributed by atoms with Crippen LogP contribution in [0.3, 0.4) is 0 Å². The summed E-state index contributed by atoms with van der Waals surface area (Å²) >= 11 is 0. The molecule has 0 bridgehead atoms. The molecule has 196 valence electrons. The van der Waals surface area contributed by atoms with Gasteiger partial charge in [0.25, 0.3) is 10.0 Å². The van der Waals surface area contributed by atoms with Crippen LogP contribution in [-0.2, 0) is 26.2 Å². The summed E-state index contributed by atoms with van der Waals surface area (Å²) in [5.74, 6) is -1.35. The van der Waals surface area contributed by atoms with Crippen molar-refractivity contribution >= 4 is 27.5 Å². The quantitative estimate of drug-likeness (QED) is 0.403. The van der Waals surface area contributed by atoms with Crippen molar-refractivity contribution in [1.29, 1.82) is 0 Å². The Morgan fingerprint density at radius 1 is 0.892 bits per heavy atom. The van der Waals surface area contributed by atoms with E-state index in [1.54, 1.807) is 55.5 Å². The number of nitrogens with one attached hydrogen (secondary N) is 1. The maximum Gasteiger partial charge on any atom is 0.264 e. The lowest BCUT2D eigenvalue weighted by Crippen LogP contribution is -2.52. The average molecular weight is 526 g/mol. The number of halogens is 1. The van der Waals surface area contributed by atoms with Crippen LogP contribution in [0.2, 0.25) is 0 Å². The molecule has 0 spiro atoms. The van der Waals surface area contributed by atoms with Gasteiger partial charge in [-0.15, -0.1) is 0 Å². The Hall–Kier alpha value is -3.72. The molecule has 0 saturated carbocycles. The summed E-state index contributed by atoms with van der Waals surface area (Å²) in [5.41, 5.74) is 0.924. The lowest BCUT2D eigenvalue weighted by atomic mass is 10.1. The summed E-state index contributed by atoms with van der Waals surface area (Å²) in [6.45, 7) is 4.87. The monoisotopic (exact) mass is 525 g/mol. The van der Waals surface area contributed by atoms with Gasteiger partial charge < -0.3 is 10.2 Å². The number of hydrogen-bond donors (Lipinski definition) is 1. The molecule has 2 amide bonds. The molecule has 0 fully saturated rings. The number of hydrogen-bond acceptors (Lipinski definition) is 4. The minimum atomic E-state index is -4.09. The topological polar surface area (TPSA) is 86.8 Å². The van der Waals surface area contributed by atoms with E-state index in [0.717, 1.165) is 4.31 Å². The lowest BCUT2D eigenvalue weighted by Gasteiger charge is -2.32. The summed E-state index contributed by atoms with van der Waals surface area (Å²) in [5, 5.41) is 2.88. The average Bonchev–Trinajstić information content (AvgIpc) is 2.91. The third-order valence-electron chi connectivity index (χ3n) is 6.09. The van der Waals surface area contributed by atoms with Gasteiger partial charge in [0.15, 0.2) is 0 Å². The van der Waals surface area contributed by atoms with Crippen molar-refractivity contribution in [1.82, 2.24) is 10.2 Å². The fourth-order valence-corrected chi connectivity index (χ4v) is 5.11. The number of sulfonamides is 1. The number of amides is 2. The smallest absolute Gasteiger partial charge is 0.264 e. The first kappa shape index (κ1) is 27.9. The molecule has 2 atom stereocenters. The van der Waals surface area contributed by atoms with Gasteiger partial charge in [-0.3, -0.25) is 13.9 Å². The van der Waals surface area contributed by atoms with Crippen LogP contribution in [0.15, 0.2) is 89.8 Å². The summed E-state index contributed by atoms with van der Waals surface area (Å²) in [7, 11) is -4.09. The van der Waals surface area contributed by atoms with E-state index in [1.807, 2.05) is 13.8 Å². The molecular formula is C28H32FN3O4S. The first-order chi connectivity index (χ1) is 17.6. The SMILES string of the molecule is CC[C@@H](C)NC(=O)[C@@H](C)N(Cc1ccc(F)cc1)C(=O)CN(c1ccccc1)S(=O)(=O)c1ccccc1. The molecule has 3 aromatic carbocycles. The minimum Gasteiger partial charge on any atom is -0.352 e. The van der Waals surface area contributed by atoms with Gasteiger partial charge in [-0.05, 0) is 62.2 Å². The van der Waals surface area contributed by atoms with Crippen molar-refractivity contribution in [2.75, 3.05) is 10.8 Å². The first-order valence-corrected chi connectivity index (χ1v) is 13.5. The number of nitrogens with zero attached hydrogens (tertiary/aromatic N) is 2. The van der Waals surface area contributed by atoms with Crippen molar-refractivity contribution < 1.29 is 22.4 Å². The highest BCUT2D eigenvalue weighted by molar-refractivity contribution is 7.92. The number of carbonyl (C=O) groups excluding carboxylic acids is 2. The molecule has 0 aliphatic heterocycles. The van der Waals surface area contributed by atoms with Crippen molar-refractivity contribution in [2.45, 2.75) is 50.7 Å². The molecule has 0 aliphatic rings. The van der Waals surface area contributed by atoms with E-state index in [0.29, 0.717) is 17.7 Å². The first-order valence-electron chi connectivity index (χ1n) is 12.1. The van der Waals surface area contributed by atoms with Gasteiger partial charge in [-0.25, -0.2) is 12.8 Å². The Labute approximate surface area is 218 Å². The van der Waals surface area contributed by atoms with Crippen molar-refractivity contribution in [2.24, 2.45) is 0 Å². The molecule has 7 nitrogen and oxygen atoms in total. The van der Waals surface area contributed by atoms with Crippen molar-refractivity contribution in [3.63, 3.8) is 0 Å². The molecule has 0 saturated heterocycles. The molecule has 1 N–H and O–H groups in total. The Morgan fingerprint density at radius 2 is 1.46 bits per heavy atom. The molecule has 0 aromatic heterocycles. The van der Waals surface area contributed by atoms with Gasteiger partial charge in [0.05, 0.1) is 10.6 Å². The molecular weight excluding hydrogens is 493 g/mol. The van der Waals surface area contributed by atoms with E-state index < -0.39 is 34.3 Å². The normalized spacial score (nSPS) is 12.9. The molecule has 0 unspecified atom stereocenters. The van der Waals surface area contributed by atoms with Crippen LogP contribution >= 0.6 is 0 Å². The Bertz CT molecular complexity index is 1290. The second-order valence-electron chi connectivity index (χ2n) is 8.80. The van der Waals surface area contributed by atoms with Gasteiger partial charge >= 0.3 is 0 Å². The molecule has 3 aromatic rings. The standard InChI is InChI=1S/C28H32FN3O4S/c1-4-21(2)30-28(34)22(3)31(19-23-15-17-24(29)18-16-23)27(33)20-32(25-11-7-5-8-12-25)37(35,36)26-13-9-6-10-14-26/h5-18,21-22H,4,19-20H2,1-3H3,(H,30,34)/t21-,22-/m1/s1. The molecule has 37 heavy (non-hydrogen) atoms. The zero-order valence-corrected chi connectivity index (χ0v) is 22.0. The van der Waals surface area contributed by atoms with Crippen LogP contribution in [-0.4, -0.2) is 43.8 Å². The molecule has 0 radical (unpaired) electrons. The summed E-state index contributed by atoms with van der Waals surface area (Å²) in [4.78, 5) is 28.1. The summed E-state index contributed by atoms with van der Waals surface area (Å²) in [6, 6.07) is 20.8. The highest BCUT2D eigenvalue weighted by Crippen LogP contribution is 2.24. The number of benzene rings is 3. The van der Waals surface area contributed by atoms with Gasteiger partial charge in [0, 0.05) is 12.6 Å². The van der Waals surface area contributed by atoms with E-state index in [1.165, 1.54) is 41.3 Å². The molecule has 0 heterocycles. The fourth-order valence-electron chi connectivity index (χ4n) is 3.68. The summed E-state index contributed by atoms with van der Waals surface area (Å²) < 4.78 is 41.7. The van der Waals surface area contributed by atoms with E-state index >= 15 is 0 Å². The van der Waals surface area contributed by atoms with E-state index in [9.17, 15) is 22.4 Å². The molecule has 3 rings (SSSR count). The zero-order valence-electron chi connectivity index (χ0n) is 21.2. The van der Waals surface area contributed by atoms with E-state index in [-0.39, 0.29) is 23.4 Å². The van der Waals surface area contributed by atoms with Crippen LogP contribution in [0.1, 0.15) is 32.8 Å². The van der Waals surface area contributed by atoms with Gasteiger partial charge in [0.1, 0.15) is 18.4 Å². The Balaban J connectivity index is 1.98. The lowest BCUT2D eigenvalue weighted by molar-refractivity contribution is -0.139. The van der Waals surface area contributed by atoms with Crippen LogP contribution < -0.4 is 9.62 Å². The van der Waals surface area contributed by atoms with Crippen molar-refractivity contribution in [3.8, 4) is 0 Å². The predicted octanol–water partition coefficient (Wildman–Crippen LogP) is 4.35. The maximum atomic E-state index is 13.7. The number of para-hydroxylation sites is 1. The Morgan fingerprint density at radius 3 is 2.03 bits per heavy atom. The fraction of sp³-hybridized carbons (Fsp3) is 0.286. The maximum absolute atomic E-state index is 13.7. The highest BCUT2D eigenvalue weighted by atomic mass is 32.2. The molecule has 9 heteroatoms. The van der Waals surface area contributed by atoms with Gasteiger partial charge in [-0.1, -0.05) is 55.5 Å². The minimum absolute atomic E-state index is 0.00220. The number of rotatable bonds is 11. The van der Waals surface area contributed by atoms with Crippen LogP contribution in [0, 0.1) is 5.82 Å². The highest BCUT2D eigenvalue weighted by Gasteiger charge is 2.32. The summed E-state index contributed by atoms with van der Waals surface area (Å²) in [6.07, 6.45) is 0.710.